The van der Waals surface area contributed by atoms with Gasteiger partial charge in [-0.15, -0.1) is 22.7 Å². The lowest BCUT2D eigenvalue weighted by molar-refractivity contribution is 0.102. The highest BCUT2D eigenvalue weighted by Crippen LogP contribution is 2.29. The number of hydrogen-bond acceptors (Lipinski definition) is 6. The van der Waals surface area contributed by atoms with Crippen LogP contribution in [0.3, 0.4) is 0 Å². The molecule has 1 aromatic carbocycles. The fourth-order valence-corrected chi connectivity index (χ4v) is 4.53. The molecule has 0 saturated heterocycles. The zero-order valence-electron chi connectivity index (χ0n) is 14.2. The van der Waals surface area contributed by atoms with Gasteiger partial charge in [-0.1, -0.05) is 12.5 Å². The van der Waals surface area contributed by atoms with Crippen LogP contribution in [0.4, 0.5) is 5.13 Å². The maximum atomic E-state index is 12.6. The minimum atomic E-state index is -0.159. The first-order valence-corrected chi connectivity index (χ1v) is 10.4. The van der Waals surface area contributed by atoms with Gasteiger partial charge in [0, 0.05) is 15.8 Å². The molecule has 1 amide bonds. The van der Waals surface area contributed by atoms with Gasteiger partial charge in [0.25, 0.3) is 5.91 Å². The summed E-state index contributed by atoms with van der Waals surface area (Å²) in [6.45, 7) is 0.397. The standard InChI is InChI=1S/C19H19N3O2S2/c23-18(22-19-21-16-7-2-1-3-8-17(16)26-19)13-5-4-6-15(9-13)24-10-14-11-25-12-20-14/h4-6,9,11-12H,1-3,7-8,10H2,(H,21,22,23). The normalized spacial score (nSPS) is 13.7. The molecule has 5 nitrogen and oxygen atoms in total. The average Bonchev–Trinajstić information content (AvgIpc) is 3.25. The smallest absolute Gasteiger partial charge is 0.257 e. The average molecular weight is 386 g/mol. The Kier molecular flexibility index (Phi) is 5.26. The topological polar surface area (TPSA) is 64.1 Å². The van der Waals surface area contributed by atoms with Gasteiger partial charge in [0.05, 0.1) is 16.9 Å². The summed E-state index contributed by atoms with van der Waals surface area (Å²) >= 11 is 3.14. The number of nitrogens with one attached hydrogen (secondary N) is 1. The summed E-state index contributed by atoms with van der Waals surface area (Å²) in [5.74, 6) is 0.494. The molecule has 134 valence electrons. The lowest BCUT2D eigenvalue weighted by Crippen LogP contribution is -2.12. The van der Waals surface area contributed by atoms with Crippen LogP contribution < -0.4 is 10.1 Å². The number of carbonyl (C=O) groups excluding carboxylic acids is 1. The molecular formula is C19H19N3O2S2. The highest BCUT2D eigenvalue weighted by atomic mass is 32.1. The SMILES string of the molecule is O=C(Nc1nc2c(s1)CCCCC2)c1cccc(OCc2cscn2)c1. The molecule has 26 heavy (non-hydrogen) atoms. The number of ether oxygens (including phenoxy) is 1. The zero-order valence-corrected chi connectivity index (χ0v) is 15.9. The van der Waals surface area contributed by atoms with E-state index in [0.29, 0.717) is 23.1 Å². The number of amides is 1. The number of fused-ring (bicyclic) bond motifs is 1. The summed E-state index contributed by atoms with van der Waals surface area (Å²) in [5.41, 5.74) is 4.38. The summed E-state index contributed by atoms with van der Waals surface area (Å²) in [6.07, 6.45) is 5.74. The molecule has 1 N–H and O–H groups in total. The number of aryl methyl sites for hydroxylation is 2. The number of aromatic nitrogens is 2. The molecule has 0 atom stereocenters. The first-order chi connectivity index (χ1) is 12.8. The third kappa shape index (κ3) is 4.11. The van der Waals surface area contributed by atoms with Crippen LogP contribution in [-0.2, 0) is 19.4 Å². The minimum Gasteiger partial charge on any atom is -0.487 e. The van der Waals surface area contributed by atoms with Gasteiger partial charge in [0.2, 0.25) is 0 Å². The molecule has 4 rings (SSSR count). The molecule has 0 saturated carbocycles. The van der Waals surface area contributed by atoms with Gasteiger partial charge in [-0.05, 0) is 43.9 Å². The Morgan fingerprint density at radius 1 is 1.23 bits per heavy atom. The van der Waals surface area contributed by atoms with Crippen LogP contribution in [0.15, 0.2) is 35.2 Å². The molecule has 0 radical (unpaired) electrons. The van der Waals surface area contributed by atoms with Gasteiger partial charge in [-0.3, -0.25) is 10.1 Å². The zero-order chi connectivity index (χ0) is 17.8. The molecule has 1 aliphatic carbocycles. The third-order valence-electron chi connectivity index (χ3n) is 4.28. The Bertz CT molecular complexity index is 867. The first kappa shape index (κ1) is 17.2. The van der Waals surface area contributed by atoms with Crippen LogP contribution in [0.2, 0.25) is 0 Å². The van der Waals surface area contributed by atoms with Gasteiger partial charge in [-0.25, -0.2) is 9.97 Å². The molecule has 2 aromatic heterocycles. The van der Waals surface area contributed by atoms with Crippen molar-refractivity contribution in [2.24, 2.45) is 0 Å². The molecule has 0 bridgehead atoms. The number of benzene rings is 1. The minimum absolute atomic E-state index is 0.159. The van der Waals surface area contributed by atoms with Crippen molar-refractivity contribution < 1.29 is 9.53 Å². The quantitative estimate of drug-likeness (QED) is 0.647. The van der Waals surface area contributed by atoms with E-state index in [9.17, 15) is 4.79 Å². The Morgan fingerprint density at radius 3 is 3.04 bits per heavy atom. The third-order valence-corrected chi connectivity index (χ3v) is 5.99. The number of anilines is 1. The Balaban J connectivity index is 1.42. The lowest BCUT2D eigenvalue weighted by atomic mass is 10.2. The summed E-state index contributed by atoms with van der Waals surface area (Å²) in [4.78, 5) is 22.7. The van der Waals surface area contributed by atoms with Gasteiger partial charge >= 0.3 is 0 Å². The molecule has 0 aliphatic heterocycles. The second kappa shape index (κ2) is 7.97. The second-order valence-electron chi connectivity index (χ2n) is 6.20. The van der Waals surface area contributed by atoms with Crippen molar-refractivity contribution in [1.29, 1.82) is 0 Å². The number of rotatable bonds is 5. The van der Waals surface area contributed by atoms with Gasteiger partial charge in [-0.2, -0.15) is 0 Å². The van der Waals surface area contributed by atoms with Crippen molar-refractivity contribution in [3.8, 4) is 5.75 Å². The van der Waals surface area contributed by atoms with Gasteiger partial charge in [0.15, 0.2) is 5.13 Å². The van der Waals surface area contributed by atoms with Crippen molar-refractivity contribution >= 4 is 33.7 Å². The largest absolute Gasteiger partial charge is 0.487 e. The van der Waals surface area contributed by atoms with Crippen molar-refractivity contribution in [3.05, 3.63) is 57.0 Å². The maximum Gasteiger partial charge on any atom is 0.257 e. The summed E-state index contributed by atoms with van der Waals surface area (Å²) < 4.78 is 5.72. The molecule has 0 spiro atoms. The monoisotopic (exact) mass is 385 g/mol. The van der Waals surface area contributed by atoms with Crippen molar-refractivity contribution in [2.75, 3.05) is 5.32 Å². The summed E-state index contributed by atoms with van der Waals surface area (Å²) in [7, 11) is 0. The Labute approximate surface area is 160 Å². The van der Waals surface area contributed by atoms with E-state index >= 15 is 0 Å². The van der Waals surface area contributed by atoms with E-state index in [1.807, 2.05) is 17.5 Å². The maximum absolute atomic E-state index is 12.6. The van der Waals surface area contributed by atoms with Crippen LogP contribution in [0.1, 0.15) is 45.9 Å². The molecule has 7 heteroatoms. The van der Waals surface area contributed by atoms with Crippen LogP contribution in [0.5, 0.6) is 5.75 Å². The second-order valence-corrected chi connectivity index (χ2v) is 8.00. The predicted molar refractivity (Wildman–Crippen MR) is 104 cm³/mol. The van der Waals surface area contributed by atoms with E-state index in [4.69, 9.17) is 4.74 Å². The van der Waals surface area contributed by atoms with Crippen LogP contribution in [-0.4, -0.2) is 15.9 Å². The van der Waals surface area contributed by atoms with Crippen molar-refractivity contribution in [1.82, 2.24) is 9.97 Å². The number of nitrogens with zero attached hydrogens (tertiary/aromatic N) is 2. The van der Waals surface area contributed by atoms with Crippen LogP contribution >= 0.6 is 22.7 Å². The van der Waals surface area contributed by atoms with Gasteiger partial charge < -0.3 is 4.74 Å². The van der Waals surface area contributed by atoms with Gasteiger partial charge in [0.1, 0.15) is 12.4 Å². The summed E-state index contributed by atoms with van der Waals surface area (Å²) in [5, 5.41) is 5.57. The molecule has 3 aromatic rings. The molecular weight excluding hydrogens is 366 g/mol. The number of thiazole rings is 2. The van der Waals surface area contributed by atoms with E-state index < -0.39 is 0 Å². The predicted octanol–water partition coefficient (Wildman–Crippen LogP) is 4.70. The lowest BCUT2D eigenvalue weighted by Gasteiger charge is -2.07. The van der Waals surface area contributed by atoms with E-state index in [0.717, 1.165) is 24.2 Å². The molecule has 0 fully saturated rings. The molecule has 2 heterocycles. The highest BCUT2D eigenvalue weighted by Gasteiger charge is 2.16. The van der Waals surface area contributed by atoms with E-state index in [1.54, 1.807) is 29.0 Å². The molecule has 1 aliphatic rings. The van der Waals surface area contributed by atoms with E-state index in [2.05, 4.69) is 15.3 Å². The Morgan fingerprint density at radius 2 is 2.15 bits per heavy atom. The Hall–Kier alpha value is -2.25. The number of hydrogen-bond donors (Lipinski definition) is 1. The highest BCUT2D eigenvalue weighted by molar-refractivity contribution is 7.15. The number of carbonyl (C=O) groups is 1. The van der Waals surface area contributed by atoms with E-state index in [-0.39, 0.29) is 5.91 Å². The van der Waals surface area contributed by atoms with Crippen molar-refractivity contribution in [2.45, 2.75) is 38.7 Å². The van der Waals surface area contributed by atoms with Crippen LogP contribution in [0, 0.1) is 0 Å². The first-order valence-electron chi connectivity index (χ1n) is 8.68. The van der Waals surface area contributed by atoms with Crippen LogP contribution in [0.25, 0.3) is 0 Å². The fourth-order valence-electron chi connectivity index (χ4n) is 2.94. The van der Waals surface area contributed by atoms with E-state index in [1.165, 1.54) is 35.5 Å². The molecule has 0 unspecified atom stereocenters. The van der Waals surface area contributed by atoms with Crippen molar-refractivity contribution in [3.63, 3.8) is 0 Å². The summed E-state index contributed by atoms with van der Waals surface area (Å²) in [6, 6.07) is 7.20. The fraction of sp³-hybridized carbons (Fsp3) is 0.316.